The molecule has 2 rings (SSSR count). The van der Waals surface area contributed by atoms with Crippen LogP contribution in [-0.4, -0.2) is 79.7 Å². The van der Waals surface area contributed by atoms with Crippen LogP contribution < -0.4 is 0 Å². The molecule has 24 heavy (non-hydrogen) atoms. The van der Waals surface area contributed by atoms with Gasteiger partial charge in [-0.15, -0.1) is 0 Å². The first kappa shape index (κ1) is 19.1. The zero-order valence-electron chi connectivity index (χ0n) is 14.5. The lowest BCUT2D eigenvalue weighted by atomic mass is 9.98. The van der Waals surface area contributed by atoms with Crippen LogP contribution in [0.2, 0.25) is 0 Å². The molecule has 2 amide bonds. The van der Waals surface area contributed by atoms with Gasteiger partial charge in [0.1, 0.15) is 5.60 Å². The molecule has 0 saturated carbocycles. The van der Waals surface area contributed by atoms with Crippen LogP contribution in [0.5, 0.6) is 0 Å². The van der Waals surface area contributed by atoms with Crippen LogP contribution >= 0.6 is 0 Å². The normalized spacial score (nSPS) is 24.6. The van der Waals surface area contributed by atoms with E-state index in [1.54, 1.807) is 9.80 Å². The van der Waals surface area contributed by atoms with Crippen LogP contribution in [0.1, 0.15) is 33.6 Å². The first-order chi connectivity index (χ1) is 11.2. The first-order valence-electron chi connectivity index (χ1n) is 8.28. The molecule has 138 valence electrons. The van der Waals surface area contributed by atoms with Gasteiger partial charge in [-0.05, 0) is 33.6 Å². The molecule has 0 spiro atoms. The van der Waals surface area contributed by atoms with E-state index in [-0.39, 0.29) is 24.5 Å². The van der Waals surface area contributed by atoms with Crippen molar-refractivity contribution in [2.75, 3.05) is 39.3 Å². The highest BCUT2D eigenvalue weighted by atomic mass is 32.2. The van der Waals surface area contributed by atoms with Crippen molar-refractivity contribution >= 4 is 23.3 Å². The molecule has 8 nitrogen and oxygen atoms in total. The predicted molar refractivity (Wildman–Crippen MR) is 87.6 cm³/mol. The molecule has 0 radical (unpaired) electrons. The average Bonchev–Trinajstić information content (AvgIpc) is 2.53. The number of rotatable bonds is 2. The van der Waals surface area contributed by atoms with Gasteiger partial charge in [-0.1, -0.05) is 0 Å². The summed E-state index contributed by atoms with van der Waals surface area (Å²) < 4.78 is 28.8. The fourth-order valence-corrected chi connectivity index (χ4v) is 3.55. The number of ether oxygens (including phenoxy) is 1. The quantitative estimate of drug-likeness (QED) is 0.671. The Balaban J connectivity index is 1.84. The first-order valence-corrected chi connectivity index (χ1v) is 9.31. The van der Waals surface area contributed by atoms with Crippen molar-refractivity contribution in [3.8, 4) is 0 Å². The number of carbonyl (C=O) groups excluding carboxylic acids is 2. The molecular formula is C15H26N3O5S-. The van der Waals surface area contributed by atoms with Gasteiger partial charge in [0.25, 0.3) is 0 Å². The maximum absolute atomic E-state index is 12.6. The van der Waals surface area contributed by atoms with Gasteiger partial charge in [-0.25, -0.2) is 9.10 Å². The van der Waals surface area contributed by atoms with E-state index in [0.717, 1.165) is 0 Å². The van der Waals surface area contributed by atoms with E-state index >= 15 is 0 Å². The topological polar surface area (TPSA) is 93.2 Å². The maximum atomic E-state index is 12.6. The lowest BCUT2D eigenvalue weighted by Gasteiger charge is -2.39. The SMILES string of the molecule is CC(C)(C)OC(=O)N1CCN(C(=O)[C@@H]2CCCN(S(=O)[O-])C2)CC1. The Morgan fingerprint density at radius 3 is 2.21 bits per heavy atom. The molecule has 0 aromatic rings. The van der Waals surface area contributed by atoms with Crippen LogP contribution in [0.4, 0.5) is 4.79 Å². The largest absolute Gasteiger partial charge is 0.760 e. The molecule has 2 fully saturated rings. The summed E-state index contributed by atoms with van der Waals surface area (Å²) >= 11 is -2.27. The predicted octanol–water partition coefficient (Wildman–Crippen LogP) is 0.572. The summed E-state index contributed by atoms with van der Waals surface area (Å²) in [4.78, 5) is 28.0. The summed E-state index contributed by atoms with van der Waals surface area (Å²) in [5.41, 5.74) is -0.538. The smallest absolute Gasteiger partial charge is 0.410 e. The van der Waals surface area contributed by atoms with Crippen LogP contribution in [0.25, 0.3) is 0 Å². The van der Waals surface area contributed by atoms with Gasteiger partial charge in [0, 0.05) is 50.5 Å². The fourth-order valence-electron chi connectivity index (χ4n) is 2.97. The number of piperidine rings is 1. The second-order valence-corrected chi connectivity index (χ2v) is 8.19. The molecule has 2 heterocycles. The van der Waals surface area contributed by atoms with Gasteiger partial charge in [0.15, 0.2) is 0 Å². The summed E-state index contributed by atoms with van der Waals surface area (Å²) in [6.45, 7) is 7.96. The molecule has 2 aliphatic heterocycles. The summed E-state index contributed by atoms with van der Waals surface area (Å²) in [7, 11) is 0. The molecule has 2 saturated heterocycles. The van der Waals surface area contributed by atoms with Crippen molar-refractivity contribution in [1.82, 2.24) is 14.1 Å². The summed E-state index contributed by atoms with van der Waals surface area (Å²) in [5, 5.41) is 0. The van der Waals surface area contributed by atoms with Crippen LogP contribution in [0.3, 0.4) is 0 Å². The minimum atomic E-state index is -2.27. The monoisotopic (exact) mass is 360 g/mol. The summed E-state index contributed by atoms with van der Waals surface area (Å²) in [6.07, 6.45) is 1.04. The van der Waals surface area contributed by atoms with Crippen molar-refractivity contribution in [3.63, 3.8) is 0 Å². The Hall–Kier alpha value is -1.19. The molecule has 0 aromatic carbocycles. The lowest BCUT2D eigenvalue weighted by Crippen LogP contribution is -2.54. The molecule has 2 aliphatic rings. The third-order valence-electron chi connectivity index (χ3n) is 4.19. The van der Waals surface area contributed by atoms with Gasteiger partial charge in [-0.3, -0.25) is 9.00 Å². The van der Waals surface area contributed by atoms with Gasteiger partial charge in [-0.2, -0.15) is 0 Å². The second kappa shape index (κ2) is 7.79. The van der Waals surface area contributed by atoms with Gasteiger partial charge in [0.05, 0.1) is 5.92 Å². The molecule has 2 atom stereocenters. The molecule has 0 bridgehead atoms. The van der Waals surface area contributed by atoms with Gasteiger partial charge < -0.3 is 19.1 Å². The van der Waals surface area contributed by atoms with Crippen molar-refractivity contribution in [1.29, 1.82) is 0 Å². The van der Waals surface area contributed by atoms with Crippen LogP contribution in [0, 0.1) is 5.92 Å². The van der Waals surface area contributed by atoms with Crippen molar-refractivity contribution in [2.24, 2.45) is 5.92 Å². The van der Waals surface area contributed by atoms with Gasteiger partial charge >= 0.3 is 6.09 Å². The van der Waals surface area contributed by atoms with E-state index in [0.29, 0.717) is 45.6 Å². The fraction of sp³-hybridized carbons (Fsp3) is 0.867. The Kier molecular flexibility index (Phi) is 6.22. The van der Waals surface area contributed by atoms with E-state index in [2.05, 4.69) is 0 Å². The average molecular weight is 360 g/mol. The number of hydrogen-bond acceptors (Lipinski definition) is 5. The standard InChI is InChI=1S/C15H27N3O5S/c1-15(2,3)23-14(20)17-9-7-16(8-10-17)13(19)12-5-4-6-18(11-12)24(21)22/h12H,4-11H2,1-3H3,(H,21,22)/p-1/t12-/m1/s1. The Morgan fingerprint density at radius 2 is 1.67 bits per heavy atom. The molecule has 9 heteroatoms. The molecular weight excluding hydrogens is 334 g/mol. The van der Waals surface area contributed by atoms with E-state index in [9.17, 15) is 18.4 Å². The number of amides is 2. The zero-order chi connectivity index (χ0) is 17.9. The van der Waals surface area contributed by atoms with Crippen LogP contribution in [-0.2, 0) is 20.8 Å². The zero-order valence-corrected chi connectivity index (χ0v) is 15.3. The van der Waals surface area contributed by atoms with E-state index in [1.807, 2.05) is 20.8 Å². The van der Waals surface area contributed by atoms with E-state index in [1.165, 1.54) is 4.31 Å². The van der Waals surface area contributed by atoms with Crippen LogP contribution in [0.15, 0.2) is 0 Å². The Bertz CT molecular complexity index is 500. The van der Waals surface area contributed by atoms with E-state index in [4.69, 9.17) is 4.74 Å². The molecule has 0 aromatic heterocycles. The lowest BCUT2D eigenvalue weighted by molar-refractivity contribution is -0.138. The van der Waals surface area contributed by atoms with Crippen molar-refractivity contribution in [2.45, 2.75) is 39.2 Å². The van der Waals surface area contributed by atoms with Gasteiger partial charge in [0.2, 0.25) is 5.91 Å². The molecule has 0 aliphatic carbocycles. The minimum absolute atomic E-state index is 0.0195. The maximum Gasteiger partial charge on any atom is 0.410 e. The second-order valence-electron chi connectivity index (χ2n) is 7.24. The highest BCUT2D eigenvalue weighted by Crippen LogP contribution is 2.21. The number of carbonyl (C=O) groups is 2. The van der Waals surface area contributed by atoms with Crippen molar-refractivity contribution < 1.29 is 23.1 Å². The number of hydrogen-bond donors (Lipinski definition) is 0. The third kappa shape index (κ3) is 5.15. The van der Waals surface area contributed by atoms with E-state index < -0.39 is 16.9 Å². The molecule has 0 N–H and O–H groups in total. The summed E-state index contributed by atoms with van der Waals surface area (Å²) in [6, 6.07) is 0. The molecule has 1 unspecified atom stereocenters. The Morgan fingerprint density at radius 1 is 1.08 bits per heavy atom. The highest BCUT2D eigenvalue weighted by molar-refractivity contribution is 7.76. The number of piperazine rings is 1. The Labute approximate surface area is 145 Å². The van der Waals surface area contributed by atoms with Crippen molar-refractivity contribution in [3.05, 3.63) is 0 Å². The third-order valence-corrected chi connectivity index (χ3v) is 4.94. The highest BCUT2D eigenvalue weighted by Gasteiger charge is 2.33. The summed E-state index contributed by atoms with van der Waals surface area (Å²) in [5.74, 6) is -0.307. The number of nitrogens with zero attached hydrogens (tertiary/aromatic N) is 3. The minimum Gasteiger partial charge on any atom is -0.760 e.